The molecule has 0 fully saturated rings. The third-order valence-electron chi connectivity index (χ3n) is 1.48. The van der Waals surface area contributed by atoms with Crippen LogP contribution in [0.4, 0.5) is 10.1 Å². The zero-order chi connectivity index (χ0) is 9.84. The molecule has 1 rings (SSSR count). The monoisotopic (exact) mass is 180 g/mol. The van der Waals surface area contributed by atoms with E-state index in [-0.39, 0.29) is 0 Å². The van der Waals surface area contributed by atoms with Crippen LogP contribution in [0.15, 0.2) is 24.3 Å². The first-order valence-electron chi connectivity index (χ1n) is 3.62. The first-order chi connectivity index (χ1) is 6.09. The molecule has 68 valence electrons. The summed E-state index contributed by atoms with van der Waals surface area (Å²) in [6.07, 6.45) is 2.51. The lowest BCUT2D eigenvalue weighted by atomic mass is 10.1. The smallest absolute Gasteiger partial charge is 0.241 e. The zero-order valence-corrected chi connectivity index (χ0v) is 6.83. The van der Waals surface area contributed by atoms with Crippen LogP contribution in [0.3, 0.4) is 0 Å². The molecule has 4 heteroatoms. The zero-order valence-electron chi connectivity index (χ0n) is 6.83. The van der Waals surface area contributed by atoms with Gasteiger partial charge in [-0.05, 0) is 24.3 Å². The van der Waals surface area contributed by atoms with Crippen LogP contribution in [-0.4, -0.2) is 5.91 Å². The van der Waals surface area contributed by atoms with E-state index in [9.17, 15) is 9.18 Å². The van der Waals surface area contributed by atoms with Gasteiger partial charge < -0.3 is 11.5 Å². The average molecular weight is 180 g/mol. The molecule has 0 radical (unpaired) electrons. The van der Waals surface area contributed by atoms with Crippen LogP contribution >= 0.6 is 0 Å². The van der Waals surface area contributed by atoms with Gasteiger partial charge in [0.2, 0.25) is 5.91 Å². The van der Waals surface area contributed by atoms with Gasteiger partial charge in [0.05, 0.1) is 0 Å². The molecule has 1 aromatic carbocycles. The number of carbonyl (C=O) groups is 1. The summed E-state index contributed by atoms with van der Waals surface area (Å²) in [5, 5.41) is 0. The van der Waals surface area contributed by atoms with Crippen LogP contribution in [0.5, 0.6) is 0 Å². The van der Waals surface area contributed by atoms with E-state index < -0.39 is 11.7 Å². The Labute approximate surface area is 74.8 Å². The molecule has 0 spiro atoms. The number of benzene rings is 1. The van der Waals surface area contributed by atoms with Gasteiger partial charge in [0.1, 0.15) is 5.82 Å². The number of carbonyl (C=O) groups excluding carboxylic acids is 1. The Kier molecular flexibility index (Phi) is 2.64. The van der Waals surface area contributed by atoms with E-state index in [1.54, 1.807) is 0 Å². The maximum atomic E-state index is 12.7. The van der Waals surface area contributed by atoms with Gasteiger partial charge in [-0.3, -0.25) is 4.79 Å². The lowest BCUT2D eigenvalue weighted by Gasteiger charge is -1.98. The van der Waals surface area contributed by atoms with E-state index in [1.165, 1.54) is 24.3 Å². The number of hydrogen-bond acceptors (Lipinski definition) is 2. The van der Waals surface area contributed by atoms with E-state index in [2.05, 4.69) is 0 Å². The molecule has 0 aliphatic carbocycles. The number of hydrogen-bond donors (Lipinski definition) is 2. The summed E-state index contributed by atoms with van der Waals surface area (Å²) in [4.78, 5) is 10.4. The highest BCUT2D eigenvalue weighted by atomic mass is 19.1. The summed E-state index contributed by atoms with van der Waals surface area (Å²) in [5.41, 5.74) is 11.2. The molecule has 0 bridgehead atoms. The van der Waals surface area contributed by atoms with E-state index in [1.807, 2.05) is 0 Å². The maximum Gasteiger partial charge on any atom is 0.241 e. The molecule has 0 saturated carbocycles. The van der Waals surface area contributed by atoms with Gasteiger partial charge in [0.25, 0.3) is 0 Å². The number of amides is 1. The van der Waals surface area contributed by atoms with Crippen molar-refractivity contribution < 1.29 is 9.18 Å². The Bertz CT molecular complexity index is 361. The Hall–Kier alpha value is -1.84. The predicted octanol–water partition coefficient (Wildman–Crippen LogP) is 0.906. The molecule has 13 heavy (non-hydrogen) atoms. The summed E-state index contributed by atoms with van der Waals surface area (Å²) in [6.45, 7) is 0. The molecule has 0 atom stereocenters. The Morgan fingerprint density at radius 2 is 2.15 bits per heavy atom. The van der Waals surface area contributed by atoms with Gasteiger partial charge >= 0.3 is 0 Å². The molecule has 0 aliphatic heterocycles. The summed E-state index contributed by atoms with van der Waals surface area (Å²) >= 11 is 0. The lowest BCUT2D eigenvalue weighted by Crippen LogP contribution is -2.05. The quantitative estimate of drug-likeness (QED) is 0.524. The molecular formula is C9H9FN2O. The number of nitrogens with two attached hydrogens (primary N) is 2. The molecule has 0 heterocycles. The fourth-order valence-corrected chi connectivity index (χ4v) is 0.862. The SMILES string of the molecule is NC(=O)C=Cc1cc(F)ccc1N. The molecule has 0 unspecified atom stereocenters. The standard InChI is InChI=1S/C9H9FN2O/c10-7-2-3-8(11)6(5-7)1-4-9(12)13/h1-5H,11H2,(H2,12,13). The molecule has 0 aliphatic rings. The fraction of sp³-hybridized carbons (Fsp3) is 0. The maximum absolute atomic E-state index is 12.7. The molecule has 0 saturated heterocycles. The minimum Gasteiger partial charge on any atom is -0.398 e. The third kappa shape index (κ3) is 2.59. The van der Waals surface area contributed by atoms with Gasteiger partial charge in [-0.15, -0.1) is 0 Å². The summed E-state index contributed by atoms with van der Waals surface area (Å²) in [7, 11) is 0. The Morgan fingerprint density at radius 3 is 2.77 bits per heavy atom. The van der Waals surface area contributed by atoms with Crippen LogP contribution in [0.1, 0.15) is 5.56 Å². The Morgan fingerprint density at radius 1 is 1.46 bits per heavy atom. The highest BCUT2D eigenvalue weighted by Crippen LogP contribution is 2.14. The first-order valence-corrected chi connectivity index (χ1v) is 3.62. The molecule has 1 aromatic rings. The van der Waals surface area contributed by atoms with Crippen LogP contribution in [0.2, 0.25) is 0 Å². The van der Waals surface area contributed by atoms with Crippen molar-refractivity contribution in [3.8, 4) is 0 Å². The number of rotatable bonds is 2. The number of anilines is 1. The van der Waals surface area contributed by atoms with Crippen molar-refractivity contribution in [2.75, 3.05) is 5.73 Å². The van der Waals surface area contributed by atoms with Crippen molar-refractivity contribution in [3.05, 3.63) is 35.7 Å². The molecule has 3 nitrogen and oxygen atoms in total. The number of nitrogen functional groups attached to an aromatic ring is 1. The minimum atomic E-state index is -0.594. The van der Waals surface area contributed by atoms with Crippen LogP contribution in [0, 0.1) is 5.82 Å². The minimum absolute atomic E-state index is 0.402. The second-order valence-electron chi connectivity index (χ2n) is 2.51. The average Bonchev–Trinajstić information content (AvgIpc) is 2.06. The summed E-state index contributed by atoms with van der Waals surface area (Å²) < 4.78 is 12.7. The van der Waals surface area contributed by atoms with Crippen molar-refractivity contribution in [1.82, 2.24) is 0 Å². The van der Waals surface area contributed by atoms with E-state index in [4.69, 9.17) is 11.5 Å². The fourth-order valence-electron chi connectivity index (χ4n) is 0.862. The molecule has 1 amide bonds. The number of halogens is 1. The van der Waals surface area contributed by atoms with Crippen molar-refractivity contribution in [2.45, 2.75) is 0 Å². The predicted molar refractivity (Wildman–Crippen MR) is 49.0 cm³/mol. The van der Waals surface area contributed by atoms with Crippen LogP contribution in [0.25, 0.3) is 6.08 Å². The van der Waals surface area contributed by atoms with Gasteiger partial charge in [0.15, 0.2) is 0 Å². The van der Waals surface area contributed by atoms with Crippen molar-refractivity contribution in [2.24, 2.45) is 5.73 Å². The van der Waals surface area contributed by atoms with Gasteiger partial charge in [-0.2, -0.15) is 0 Å². The van der Waals surface area contributed by atoms with Gasteiger partial charge in [-0.1, -0.05) is 0 Å². The van der Waals surface area contributed by atoms with Gasteiger partial charge in [0, 0.05) is 17.3 Å². The second kappa shape index (κ2) is 3.71. The molecule has 0 aromatic heterocycles. The largest absolute Gasteiger partial charge is 0.398 e. The lowest BCUT2D eigenvalue weighted by molar-refractivity contribution is -0.113. The summed E-state index contributed by atoms with van der Waals surface area (Å²) in [6, 6.07) is 3.90. The van der Waals surface area contributed by atoms with Crippen molar-refractivity contribution >= 4 is 17.7 Å². The summed E-state index contributed by atoms with van der Waals surface area (Å²) in [5.74, 6) is -0.998. The highest BCUT2D eigenvalue weighted by Gasteiger charge is 1.97. The highest BCUT2D eigenvalue weighted by molar-refractivity contribution is 5.91. The van der Waals surface area contributed by atoms with E-state index in [0.29, 0.717) is 11.3 Å². The second-order valence-corrected chi connectivity index (χ2v) is 2.51. The van der Waals surface area contributed by atoms with Crippen molar-refractivity contribution in [1.29, 1.82) is 0 Å². The van der Waals surface area contributed by atoms with Gasteiger partial charge in [-0.25, -0.2) is 4.39 Å². The van der Waals surface area contributed by atoms with Crippen molar-refractivity contribution in [3.63, 3.8) is 0 Å². The Balaban J connectivity index is 3.00. The number of primary amides is 1. The topological polar surface area (TPSA) is 69.1 Å². The van der Waals surface area contributed by atoms with Crippen LogP contribution in [-0.2, 0) is 4.79 Å². The first kappa shape index (κ1) is 9.25. The van der Waals surface area contributed by atoms with E-state index in [0.717, 1.165) is 6.08 Å². The molecule has 4 N–H and O–H groups in total. The van der Waals surface area contributed by atoms with E-state index >= 15 is 0 Å². The third-order valence-corrected chi connectivity index (χ3v) is 1.48. The van der Waals surface area contributed by atoms with Crippen LogP contribution < -0.4 is 11.5 Å². The molecular weight excluding hydrogens is 171 g/mol. The normalized spacial score (nSPS) is 10.5.